The molecule has 0 aliphatic carbocycles. The summed E-state index contributed by atoms with van der Waals surface area (Å²) in [7, 11) is -3.18. The SMILES string of the molecule is Cc1cc(CNC(C)c2cccc(CO)c2)ccc1S(C)(=O)=O. The van der Waals surface area contributed by atoms with Crippen LogP contribution >= 0.6 is 0 Å². The monoisotopic (exact) mass is 333 g/mol. The van der Waals surface area contributed by atoms with Gasteiger partial charge in [-0.3, -0.25) is 0 Å². The summed E-state index contributed by atoms with van der Waals surface area (Å²) in [6.07, 6.45) is 1.23. The van der Waals surface area contributed by atoms with Crippen LogP contribution in [0.4, 0.5) is 0 Å². The van der Waals surface area contributed by atoms with E-state index >= 15 is 0 Å². The normalized spacial score (nSPS) is 13.0. The van der Waals surface area contributed by atoms with E-state index in [1.54, 1.807) is 6.07 Å². The van der Waals surface area contributed by atoms with Crippen molar-refractivity contribution < 1.29 is 13.5 Å². The number of nitrogens with one attached hydrogen (secondary N) is 1. The van der Waals surface area contributed by atoms with Crippen molar-refractivity contribution >= 4 is 9.84 Å². The number of aryl methyl sites for hydroxylation is 1. The highest BCUT2D eigenvalue weighted by molar-refractivity contribution is 7.90. The summed E-state index contributed by atoms with van der Waals surface area (Å²) in [4.78, 5) is 0.380. The standard InChI is InChI=1S/C18H23NO3S/c1-13-9-15(7-8-18(13)23(3,21)22)11-19-14(2)17-6-4-5-16(10-17)12-20/h4-10,14,19-20H,11-12H2,1-3H3. The van der Waals surface area contributed by atoms with E-state index in [1.165, 1.54) is 6.26 Å². The van der Waals surface area contributed by atoms with Crippen LogP contribution in [0.25, 0.3) is 0 Å². The van der Waals surface area contributed by atoms with Gasteiger partial charge in [0, 0.05) is 18.8 Å². The van der Waals surface area contributed by atoms with Crippen LogP contribution in [-0.2, 0) is 23.0 Å². The lowest BCUT2D eigenvalue weighted by Crippen LogP contribution is -2.18. The Morgan fingerprint density at radius 2 is 1.87 bits per heavy atom. The first kappa shape index (κ1) is 17.7. The minimum absolute atomic E-state index is 0.0344. The molecule has 2 aromatic carbocycles. The van der Waals surface area contributed by atoms with Crippen molar-refractivity contribution in [3.05, 3.63) is 64.7 Å². The Kier molecular flexibility index (Phi) is 5.57. The first-order valence-corrected chi connectivity index (χ1v) is 9.43. The summed E-state index contributed by atoms with van der Waals surface area (Å²) in [5.74, 6) is 0. The molecule has 0 saturated heterocycles. The second-order valence-electron chi connectivity index (χ2n) is 5.88. The molecular weight excluding hydrogens is 310 g/mol. The number of benzene rings is 2. The molecule has 0 aliphatic heterocycles. The highest BCUT2D eigenvalue weighted by Gasteiger charge is 2.11. The fourth-order valence-corrected chi connectivity index (χ4v) is 3.55. The molecule has 2 N–H and O–H groups in total. The minimum atomic E-state index is -3.18. The van der Waals surface area contributed by atoms with E-state index in [2.05, 4.69) is 12.2 Å². The van der Waals surface area contributed by atoms with Gasteiger partial charge in [-0.15, -0.1) is 0 Å². The molecule has 5 heteroatoms. The van der Waals surface area contributed by atoms with Crippen LogP contribution in [0, 0.1) is 6.92 Å². The molecule has 1 unspecified atom stereocenters. The Bertz CT molecular complexity index is 785. The summed E-state index contributed by atoms with van der Waals surface area (Å²) in [5.41, 5.74) is 3.81. The van der Waals surface area contributed by atoms with Gasteiger partial charge in [-0.2, -0.15) is 0 Å². The fraction of sp³-hybridized carbons (Fsp3) is 0.333. The summed E-state index contributed by atoms with van der Waals surface area (Å²) in [6.45, 7) is 4.56. The van der Waals surface area contributed by atoms with Crippen molar-refractivity contribution in [1.82, 2.24) is 5.32 Å². The zero-order valence-corrected chi connectivity index (χ0v) is 14.5. The lowest BCUT2D eigenvalue weighted by atomic mass is 10.0. The van der Waals surface area contributed by atoms with Crippen molar-refractivity contribution in [3.63, 3.8) is 0 Å². The molecule has 1 atom stereocenters. The number of sulfone groups is 1. The number of rotatable bonds is 6. The van der Waals surface area contributed by atoms with Crippen LogP contribution in [0.3, 0.4) is 0 Å². The second kappa shape index (κ2) is 7.25. The van der Waals surface area contributed by atoms with Crippen molar-refractivity contribution in [3.8, 4) is 0 Å². The Morgan fingerprint density at radius 3 is 2.48 bits per heavy atom. The van der Waals surface area contributed by atoms with Crippen molar-refractivity contribution in [2.45, 2.75) is 37.9 Å². The Labute approximate surface area is 138 Å². The molecule has 2 rings (SSSR count). The number of aliphatic hydroxyl groups is 1. The molecule has 0 fully saturated rings. The summed E-state index contributed by atoms with van der Waals surface area (Å²) in [6, 6.07) is 13.4. The molecule has 0 saturated carbocycles. The van der Waals surface area contributed by atoms with Gasteiger partial charge in [0.25, 0.3) is 0 Å². The van der Waals surface area contributed by atoms with Crippen LogP contribution in [0.15, 0.2) is 47.4 Å². The van der Waals surface area contributed by atoms with Crippen LogP contribution in [0.5, 0.6) is 0 Å². The Morgan fingerprint density at radius 1 is 1.13 bits per heavy atom. The first-order chi connectivity index (χ1) is 10.8. The number of hydrogen-bond donors (Lipinski definition) is 2. The predicted octanol–water partition coefficient (Wildman–Crippen LogP) is 2.74. The third-order valence-corrected chi connectivity index (χ3v) is 5.14. The average molecular weight is 333 g/mol. The predicted molar refractivity (Wildman–Crippen MR) is 91.9 cm³/mol. The van der Waals surface area contributed by atoms with Crippen LogP contribution in [0.1, 0.15) is 35.2 Å². The molecular formula is C18H23NO3S. The van der Waals surface area contributed by atoms with Gasteiger partial charge in [-0.1, -0.05) is 36.4 Å². The molecule has 0 bridgehead atoms. The fourth-order valence-electron chi connectivity index (χ4n) is 2.59. The highest BCUT2D eigenvalue weighted by atomic mass is 32.2. The molecule has 2 aromatic rings. The molecule has 0 amide bonds. The number of hydrogen-bond acceptors (Lipinski definition) is 4. The lowest BCUT2D eigenvalue weighted by Gasteiger charge is -2.16. The van der Waals surface area contributed by atoms with Crippen molar-refractivity contribution in [2.24, 2.45) is 0 Å². The zero-order chi connectivity index (χ0) is 17.0. The maximum Gasteiger partial charge on any atom is 0.175 e. The molecule has 0 spiro atoms. The van der Waals surface area contributed by atoms with Gasteiger partial charge in [0.1, 0.15) is 0 Å². The molecule has 0 heterocycles. The van der Waals surface area contributed by atoms with Gasteiger partial charge in [-0.25, -0.2) is 8.42 Å². The summed E-state index contributed by atoms with van der Waals surface area (Å²) < 4.78 is 23.3. The van der Waals surface area contributed by atoms with Crippen LogP contribution in [-0.4, -0.2) is 19.8 Å². The van der Waals surface area contributed by atoms with Gasteiger partial charge >= 0.3 is 0 Å². The summed E-state index contributed by atoms with van der Waals surface area (Å²) in [5, 5.41) is 12.6. The third-order valence-electron chi connectivity index (χ3n) is 3.88. The van der Waals surface area contributed by atoms with Crippen molar-refractivity contribution in [2.75, 3.05) is 6.26 Å². The molecule has 23 heavy (non-hydrogen) atoms. The van der Waals surface area contributed by atoms with Gasteiger partial charge in [-0.05, 0) is 42.2 Å². The maximum absolute atomic E-state index is 11.6. The highest BCUT2D eigenvalue weighted by Crippen LogP contribution is 2.18. The second-order valence-corrected chi connectivity index (χ2v) is 7.86. The smallest absolute Gasteiger partial charge is 0.175 e. The van der Waals surface area contributed by atoms with E-state index < -0.39 is 9.84 Å². The largest absolute Gasteiger partial charge is 0.392 e. The van der Waals surface area contributed by atoms with Gasteiger partial charge in [0.2, 0.25) is 0 Å². The molecule has 0 aliphatic rings. The quantitative estimate of drug-likeness (QED) is 0.853. The van der Waals surface area contributed by atoms with E-state index in [9.17, 15) is 13.5 Å². The zero-order valence-electron chi connectivity index (χ0n) is 13.7. The van der Waals surface area contributed by atoms with Crippen molar-refractivity contribution in [1.29, 1.82) is 0 Å². The molecule has 0 aromatic heterocycles. The van der Waals surface area contributed by atoms with Crippen LogP contribution in [0.2, 0.25) is 0 Å². The average Bonchev–Trinajstić information content (AvgIpc) is 2.51. The minimum Gasteiger partial charge on any atom is -0.392 e. The van der Waals surface area contributed by atoms with E-state index in [0.29, 0.717) is 11.4 Å². The Balaban J connectivity index is 2.07. The first-order valence-electron chi connectivity index (χ1n) is 7.54. The molecule has 4 nitrogen and oxygen atoms in total. The third kappa shape index (κ3) is 4.64. The number of aliphatic hydroxyl groups excluding tert-OH is 1. The van der Waals surface area contributed by atoms with Gasteiger partial charge < -0.3 is 10.4 Å². The molecule has 124 valence electrons. The van der Waals surface area contributed by atoms with Gasteiger partial charge in [0.05, 0.1) is 11.5 Å². The van der Waals surface area contributed by atoms with Gasteiger partial charge in [0.15, 0.2) is 9.84 Å². The lowest BCUT2D eigenvalue weighted by molar-refractivity contribution is 0.281. The van der Waals surface area contributed by atoms with E-state index in [0.717, 1.165) is 22.3 Å². The molecule has 0 radical (unpaired) electrons. The maximum atomic E-state index is 11.6. The van der Waals surface area contributed by atoms with Crippen LogP contribution < -0.4 is 5.32 Å². The topological polar surface area (TPSA) is 66.4 Å². The Hall–Kier alpha value is -1.69. The van der Waals surface area contributed by atoms with E-state index in [4.69, 9.17) is 0 Å². The van der Waals surface area contributed by atoms with E-state index in [1.807, 2.05) is 43.3 Å². The summed E-state index contributed by atoms with van der Waals surface area (Å²) >= 11 is 0. The van der Waals surface area contributed by atoms with E-state index in [-0.39, 0.29) is 12.6 Å².